The quantitative estimate of drug-likeness (QED) is 0.518. The topological polar surface area (TPSA) is 36.4 Å². The average Bonchev–Trinajstić information content (AvgIpc) is 2.45. The summed E-state index contributed by atoms with van der Waals surface area (Å²) in [7, 11) is 0. The van der Waals surface area contributed by atoms with Gasteiger partial charge < -0.3 is 5.32 Å². The van der Waals surface area contributed by atoms with Crippen LogP contribution < -0.4 is 10.7 Å². The molecule has 0 aliphatic carbocycles. The van der Waals surface area contributed by atoms with Gasteiger partial charge in [-0.3, -0.25) is 5.43 Å². The Labute approximate surface area is 124 Å². The molecule has 0 atom stereocenters. The molecule has 0 fully saturated rings. The summed E-state index contributed by atoms with van der Waals surface area (Å²) in [6.45, 7) is 0. The smallest absolute Gasteiger partial charge is 0.191 e. The summed E-state index contributed by atoms with van der Waals surface area (Å²) in [5, 5.41) is 6.17. The molecule has 3 nitrogen and oxygen atoms in total. The highest BCUT2D eigenvalue weighted by atomic mass is 32.1. The zero-order valence-corrected chi connectivity index (χ0v) is 11.4. The second-order valence-electron chi connectivity index (χ2n) is 3.94. The SMILES string of the molecule is Fc1ccccc1NC(=S)N/N=C/c1c(F)cccc1F. The fraction of sp³-hybridized carbons (Fsp3) is 0. The molecular weight excluding hydrogens is 299 g/mol. The average molecular weight is 309 g/mol. The normalized spacial score (nSPS) is 10.6. The van der Waals surface area contributed by atoms with E-state index < -0.39 is 17.5 Å². The molecule has 0 radical (unpaired) electrons. The minimum atomic E-state index is -0.742. The van der Waals surface area contributed by atoms with E-state index >= 15 is 0 Å². The highest BCUT2D eigenvalue weighted by molar-refractivity contribution is 7.80. The van der Waals surface area contributed by atoms with Gasteiger partial charge in [-0.1, -0.05) is 18.2 Å². The van der Waals surface area contributed by atoms with Crippen LogP contribution in [0.2, 0.25) is 0 Å². The lowest BCUT2D eigenvalue weighted by Gasteiger charge is -2.07. The molecule has 21 heavy (non-hydrogen) atoms. The molecule has 0 amide bonds. The van der Waals surface area contributed by atoms with Crippen LogP contribution in [0.15, 0.2) is 47.6 Å². The van der Waals surface area contributed by atoms with Gasteiger partial charge in [0.25, 0.3) is 0 Å². The van der Waals surface area contributed by atoms with Crippen molar-refractivity contribution < 1.29 is 13.2 Å². The molecule has 2 aromatic carbocycles. The summed E-state index contributed by atoms with van der Waals surface area (Å²) in [6.07, 6.45) is 0.958. The maximum absolute atomic E-state index is 13.4. The van der Waals surface area contributed by atoms with Crippen molar-refractivity contribution in [1.82, 2.24) is 5.43 Å². The molecule has 0 heterocycles. The van der Waals surface area contributed by atoms with Crippen LogP contribution in [0.5, 0.6) is 0 Å². The van der Waals surface area contributed by atoms with Gasteiger partial charge in [-0.25, -0.2) is 13.2 Å². The highest BCUT2D eigenvalue weighted by Gasteiger charge is 2.05. The molecular formula is C14H10F3N3S. The maximum Gasteiger partial charge on any atom is 0.191 e. The Hall–Kier alpha value is -2.41. The number of nitrogens with one attached hydrogen (secondary N) is 2. The van der Waals surface area contributed by atoms with E-state index in [-0.39, 0.29) is 16.4 Å². The number of nitrogens with zero attached hydrogens (tertiary/aromatic N) is 1. The first-order chi connectivity index (χ1) is 10.1. The molecule has 0 aliphatic heterocycles. The molecule has 0 aromatic heterocycles. The molecule has 2 rings (SSSR count). The monoisotopic (exact) mass is 309 g/mol. The first-order valence-electron chi connectivity index (χ1n) is 5.86. The summed E-state index contributed by atoms with van der Waals surface area (Å²) >= 11 is 4.89. The molecule has 108 valence electrons. The van der Waals surface area contributed by atoms with E-state index in [1.54, 1.807) is 6.07 Å². The van der Waals surface area contributed by atoms with Crippen molar-refractivity contribution >= 4 is 29.2 Å². The van der Waals surface area contributed by atoms with E-state index in [1.165, 1.54) is 24.3 Å². The fourth-order valence-corrected chi connectivity index (χ4v) is 1.67. The molecule has 0 bridgehead atoms. The zero-order valence-electron chi connectivity index (χ0n) is 10.6. The van der Waals surface area contributed by atoms with Crippen molar-refractivity contribution in [3.8, 4) is 0 Å². The first-order valence-corrected chi connectivity index (χ1v) is 6.27. The third-order valence-corrected chi connectivity index (χ3v) is 2.67. The summed E-state index contributed by atoms with van der Waals surface area (Å²) in [5.41, 5.74) is 2.23. The van der Waals surface area contributed by atoms with E-state index in [0.717, 1.165) is 18.3 Å². The number of hydrogen-bond acceptors (Lipinski definition) is 2. The van der Waals surface area contributed by atoms with Crippen molar-refractivity contribution in [3.05, 3.63) is 65.5 Å². The van der Waals surface area contributed by atoms with E-state index in [4.69, 9.17) is 12.2 Å². The first kappa shape index (κ1) is 15.0. The Kier molecular flexibility index (Phi) is 4.89. The summed E-state index contributed by atoms with van der Waals surface area (Å²) < 4.78 is 40.0. The number of para-hydroxylation sites is 1. The standard InChI is InChI=1S/C14H10F3N3S/c15-10-5-3-6-11(16)9(10)8-18-20-14(21)19-13-7-2-1-4-12(13)17/h1-8H,(H2,19,20,21)/b18-8+. The number of anilines is 1. The van der Waals surface area contributed by atoms with Gasteiger partial charge >= 0.3 is 0 Å². The van der Waals surface area contributed by atoms with Gasteiger partial charge in [-0.05, 0) is 36.5 Å². The Morgan fingerprint density at radius 1 is 0.952 bits per heavy atom. The number of halogens is 3. The molecule has 0 spiro atoms. The Balaban J connectivity index is 1.98. The molecule has 0 saturated carbocycles. The summed E-state index contributed by atoms with van der Waals surface area (Å²) in [6, 6.07) is 9.40. The largest absolute Gasteiger partial charge is 0.329 e. The number of hydrazone groups is 1. The molecule has 2 aromatic rings. The van der Waals surface area contributed by atoms with E-state index in [2.05, 4.69) is 15.8 Å². The van der Waals surface area contributed by atoms with Crippen LogP contribution in [0.4, 0.5) is 18.9 Å². The van der Waals surface area contributed by atoms with E-state index in [0.29, 0.717) is 0 Å². The van der Waals surface area contributed by atoms with Crippen LogP contribution in [-0.4, -0.2) is 11.3 Å². The molecule has 0 unspecified atom stereocenters. The van der Waals surface area contributed by atoms with Crippen LogP contribution in [-0.2, 0) is 0 Å². The summed E-state index contributed by atoms with van der Waals surface area (Å²) in [5.74, 6) is -1.96. The number of thiocarbonyl (C=S) groups is 1. The summed E-state index contributed by atoms with van der Waals surface area (Å²) in [4.78, 5) is 0. The van der Waals surface area contributed by atoms with Crippen LogP contribution >= 0.6 is 12.2 Å². The van der Waals surface area contributed by atoms with Crippen molar-refractivity contribution in [1.29, 1.82) is 0 Å². The van der Waals surface area contributed by atoms with Crippen molar-refractivity contribution in [2.45, 2.75) is 0 Å². The van der Waals surface area contributed by atoms with Crippen molar-refractivity contribution in [2.75, 3.05) is 5.32 Å². The van der Waals surface area contributed by atoms with Crippen molar-refractivity contribution in [3.63, 3.8) is 0 Å². The third-order valence-electron chi connectivity index (χ3n) is 2.48. The fourth-order valence-electron chi connectivity index (χ4n) is 1.50. The molecule has 0 saturated heterocycles. The zero-order chi connectivity index (χ0) is 15.2. The van der Waals surface area contributed by atoms with E-state index in [9.17, 15) is 13.2 Å². The lowest BCUT2D eigenvalue weighted by atomic mass is 10.2. The lowest BCUT2D eigenvalue weighted by Crippen LogP contribution is -2.24. The Morgan fingerprint density at radius 2 is 1.57 bits per heavy atom. The van der Waals surface area contributed by atoms with Gasteiger partial charge in [0.1, 0.15) is 17.5 Å². The number of hydrogen-bond donors (Lipinski definition) is 2. The second-order valence-corrected chi connectivity index (χ2v) is 4.35. The van der Waals surface area contributed by atoms with Crippen LogP contribution in [0.1, 0.15) is 5.56 Å². The molecule has 2 N–H and O–H groups in total. The van der Waals surface area contributed by atoms with Gasteiger partial charge in [0.15, 0.2) is 5.11 Å². The molecule has 0 aliphatic rings. The number of rotatable bonds is 3. The third kappa shape index (κ3) is 4.03. The number of benzene rings is 2. The van der Waals surface area contributed by atoms with Crippen molar-refractivity contribution in [2.24, 2.45) is 5.10 Å². The van der Waals surface area contributed by atoms with Gasteiger partial charge in [0.2, 0.25) is 0 Å². The maximum atomic E-state index is 13.4. The Morgan fingerprint density at radius 3 is 2.24 bits per heavy atom. The van der Waals surface area contributed by atoms with Crippen LogP contribution in [0.25, 0.3) is 0 Å². The van der Waals surface area contributed by atoms with Gasteiger partial charge in [0.05, 0.1) is 17.5 Å². The van der Waals surface area contributed by atoms with Gasteiger partial charge in [-0.2, -0.15) is 5.10 Å². The molecule has 7 heteroatoms. The predicted molar refractivity (Wildman–Crippen MR) is 79.7 cm³/mol. The van der Waals surface area contributed by atoms with Gasteiger partial charge in [0, 0.05) is 0 Å². The Bertz CT molecular complexity index is 669. The lowest BCUT2D eigenvalue weighted by molar-refractivity contribution is 0.580. The second kappa shape index (κ2) is 6.85. The van der Waals surface area contributed by atoms with E-state index in [1.807, 2.05) is 0 Å². The predicted octanol–water partition coefficient (Wildman–Crippen LogP) is 3.42. The highest BCUT2D eigenvalue weighted by Crippen LogP contribution is 2.12. The van der Waals surface area contributed by atoms with Crippen LogP contribution in [0, 0.1) is 17.5 Å². The minimum absolute atomic E-state index is 0.00639. The van der Waals surface area contributed by atoms with Gasteiger partial charge in [-0.15, -0.1) is 0 Å². The van der Waals surface area contributed by atoms with Crippen LogP contribution in [0.3, 0.4) is 0 Å². The minimum Gasteiger partial charge on any atom is -0.329 e.